The third-order valence-electron chi connectivity index (χ3n) is 5.54. The lowest BCUT2D eigenvalue weighted by atomic mass is 10.0. The van der Waals surface area contributed by atoms with Crippen LogP contribution in [0.25, 0.3) is 0 Å². The van der Waals surface area contributed by atoms with E-state index in [1.165, 1.54) is 5.56 Å². The first-order chi connectivity index (χ1) is 13.2. The summed E-state index contributed by atoms with van der Waals surface area (Å²) >= 11 is 0. The molecule has 1 aliphatic carbocycles. The minimum atomic E-state index is -0.114. The molecular weight excluding hydrogens is 342 g/mol. The summed E-state index contributed by atoms with van der Waals surface area (Å²) in [4.78, 5) is 14.8. The van der Waals surface area contributed by atoms with Gasteiger partial charge in [0.2, 0.25) is 0 Å². The van der Waals surface area contributed by atoms with Crippen LogP contribution >= 0.6 is 0 Å². The number of likely N-dealkylation sites (tertiary alicyclic amines) is 1. The van der Waals surface area contributed by atoms with Gasteiger partial charge in [-0.15, -0.1) is 0 Å². The molecule has 4 rings (SSSR count). The van der Waals surface area contributed by atoms with Crippen LogP contribution in [0, 0.1) is 0 Å². The highest BCUT2D eigenvalue weighted by Crippen LogP contribution is 2.40. The van der Waals surface area contributed by atoms with Crippen molar-refractivity contribution in [2.24, 2.45) is 0 Å². The molecule has 1 saturated carbocycles. The molecule has 1 aromatic carbocycles. The number of phenols is 1. The number of amides is 1. The Hall–Kier alpha value is -2.34. The van der Waals surface area contributed by atoms with Gasteiger partial charge in [-0.1, -0.05) is 17.3 Å². The van der Waals surface area contributed by atoms with Crippen LogP contribution in [-0.4, -0.2) is 46.7 Å². The Morgan fingerprint density at radius 2 is 1.93 bits per heavy atom. The Labute approximate surface area is 159 Å². The zero-order valence-electron chi connectivity index (χ0n) is 15.6. The fourth-order valence-electron chi connectivity index (χ4n) is 3.69. The van der Waals surface area contributed by atoms with Gasteiger partial charge in [0.05, 0.1) is 0 Å². The van der Waals surface area contributed by atoms with Gasteiger partial charge in [0.1, 0.15) is 11.5 Å². The van der Waals surface area contributed by atoms with E-state index in [4.69, 9.17) is 4.52 Å². The Morgan fingerprint density at radius 3 is 2.63 bits per heavy atom. The lowest BCUT2D eigenvalue weighted by molar-refractivity contribution is 0.0901. The highest BCUT2D eigenvalue weighted by molar-refractivity contribution is 5.92. The van der Waals surface area contributed by atoms with Crippen LogP contribution in [0.1, 0.15) is 59.8 Å². The molecule has 2 aromatic rings. The molecule has 1 amide bonds. The molecule has 0 atom stereocenters. The molecule has 2 fully saturated rings. The average Bonchev–Trinajstić information content (AvgIpc) is 3.41. The van der Waals surface area contributed by atoms with Crippen molar-refractivity contribution in [3.63, 3.8) is 0 Å². The summed E-state index contributed by atoms with van der Waals surface area (Å²) in [5.74, 6) is 1.53. The largest absolute Gasteiger partial charge is 0.508 e. The van der Waals surface area contributed by atoms with E-state index in [-0.39, 0.29) is 11.9 Å². The molecule has 6 nitrogen and oxygen atoms in total. The van der Waals surface area contributed by atoms with Crippen molar-refractivity contribution in [3.8, 4) is 5.75 Å². The van der Waals surface area contributed by atoms with E-state index in [9.17, 15) is 9.90 Å². The highest BCUT2D eigenvalue weighted by atomic mass is 16.5. The third kappa shape index (κ3) is 4.89. The first kappa shape index (κ1) is 18.0. The molecule has 1 aromatic heterocycles. The van der Waals surface area contributed by atoms with Crippen LogP contribution in [0.2, 0.25) is 0 Å². The summed E-state index contributed by atoms with van der Waals surface area (Å²) in [6.45, 7) is 3.08. The van der Waals surface area contributed by atoms with Crippen LogP contribution in [0.15, 0.2) is 34.9 Å². The lowest BCUT2D eigenvalue weighted by Crippen LogP contribution is -2.45. The summed E-state index contributed by atoms with van der Waals surface area (Å²) in [5.41, 5.74) is 1.67. The Morgan fingerprint density at radius 1 is 1.19 bits per heavy atom. The summed E-state index contributed by atoms with van der Waals surface area (Å²) in [7, 11) is 0. The molecule has 2 N–H and O–H groups in total. The third-order valence-corrected chi connectivity index (χ3v) is 5.54. The van der Waals surface area contributed by atoms with Crippen molar-refractivity contribution in [1.29, 1.82) is 0 Å². The first-order valence-corrected chi connectivity index (χ1v) is 9.95. The number of carbonyl (C=O) groups excluding carboxylic acids is 1. The summed E-state index contributed by atoms with van der Waals surface area (Å²) in [6.07, 6.45) is 6.34. The molecule has 2 heterocycles. The fourth-order valence-corrected chi connectivity index (χ4v) is 3.69. The molecule has 0 spiro atoms. The number of aryl methyl sites for hydroxylation is 1. The van der Waals surface area contributed by atoms with E-state index in [0.717, 1.165) is 63.9 Å². The zero-order chi connectivity index (χ0) is 18.6. The Balaban J connectivity index is 1.16. The smallest absolute Gasteiger partial charge is 0.273 e. The summed E-state index contributed by atoms with van der Waals surface area (Å²) in [6, 6.07) is 9.46. The topological polar surface area (TPSA) is 78.6 Å². The maximum absolute atomic E-state index is 12.3. The second-order valence-electron chi connectivity index (χ2n) is 7.75. The van der Waals surface area contributed by atoms with Crippen LogP contribution in [-0.2, 0) is 6.42 Å². The molecule has 1 saturated heterocycles. The number of hydrogen-bond acceptors (Lipinski definition) is 5. The minimum absolute atomic E-state index is 0.114. The lowest BCUT2D eigenvalue weighted by Gasteiger charge is -2.32. The van der Waals surface area contributed by atoms with Gasteiger partial charge < -0.3 is 19.8 Å². The van der Waals surface area contributed by atoms with Gasteiger partial charge >= 0.3 is 0 Å². The van der Waals surface area contributed by atoms with E-state index >= 15 is 0 Å². The normalized spacial score (nSPS) is 18.5. The van der Waals surface area contributed by atoms with Crippen LogP contribution < -0.4 is 5.32 Å². The van der Waals surface area contributed by atoms with E-state index < -0.39 is 0 Å². The number of rotatable bonds is 7. The number of nitrogens with zero attached hydrogens (tertiary/aromatic N) is 2. The predicted molar refractivity (Wildman–Crippen MR) is 102 cm³/mol. The second-order valence-corrected chi connectivity index (χ2v) is 7.75. The number of carbonyl (C=O) groups is 1. The van der Waals surface area contributed by atoms with Crippen molar-refractivity contribution < 1.29 is 14.4 Å². The monoisotopic (exact) mass is 369 g/mol. The quantitative estimate of drug-likeness (QED) is 0.784. The number of benzene rings is 1. The molecule has 27 heavy (non-hydrogen) atoms. The van der Waals surface area contributed by atoms with Gasteiger partial charge in [0.15, 0.2) is 5.69 Å². The average molecular weight is 369 g/mol. The maximum Gasteiger partial charge on any atom is 0.273 e. The van der Waals surface area contributed by atoms with Crippen molar-refractivity contribution in [3.05, 3.63) is 47.3 Å². The van der Waals surface area contributed by atoms with Crippen molar-refractivity contribution >= 4 is 5.91 Å². The fraction of sp³-hybridized carbons (Fsp3) is 0.524. The van der Waals surface area contributed by atoms with Crippen molar-refractivity contribution in [1.82, 2.24) is 15.4 Å². The van der Waals surface area contributed by atoms with E-state index in [1.807, 2.05) is 12.1 Å². The zero-order valence-corrected chi connectivity index (χ0v) is 15.6. The number of aromatic nitrogens is 1. The molecule has 2 aliphatic rings. The van der Waals surface area contributed by atoms with Gasteiger partial charge in [-0.25, -0.2) is 0 Å². The summed E-state index contributed by atoms with van der Waals surface area (Å²) in [5, 5.41) is 16.4. The summed E-state index contributed by atoms with van der Waals surface area (Å²) < 4.78 is 5.27. The molecular formula is C21H27N3O3. The highest BCUT2D eigenvalue weighted by Gasteiger charge is 2.29. The van der Waals surface area contributed by atoms with E-state index in [1.54, 1.807) is 18.2 Å². The molecule has 0 bridgehead atoms. The second kappa shape index (κ2) is 8.13. The molecule has 6 heteroatoms. The van der Waals surface area contributed by atoms with E-state index in [0.29, 0.717) is 17.4 Å². The maximum atomic E-state index is 12.3. The number of hydrogen-bond donors (Lipinski definition) is 2. The molecule has 144 valence electrons. The number of piperidine rings is 1. The van der Waals surface area contributed by atoms with Crippen molar-refractivity contribution in [2.75, 3.05) is 19.6 Å². The first-order valence-electron chi connectivity index (χ1n) is 9.95. The van der Waals surface area contributed by atoms with E-state index in [2.05, 4.69) is 15.4 Å². The SMILES string of the molecule is O=C(NC1CCN(CCCc2ccc(O)cc2)CC1)c1cc(C2CC2)on1. The Kier molecular flexibility index (Phi) is 5.43. The van der Waals surface area contributed by atoms with Gasteiger partial charge in [0.25, 0.3) is 5.91 Å². The van der Waals surface area contributed by atoms with Gasteiger partial charge in [-0.2, -0.15) is 0 Å². The standard InChI is InChI=1S/C21H27N3O3/c25-18-7-3-15(4-8-18)2-1-11-24-12-9-17(10-13-24)22-21(26)19-14-20(27-23-19)16-5-6-16/h3-4,7-8,14,16-17,25H,1-2,5-6,9-13H2,(H,22,26). The minimum Gasteiger partial charge on any atom is -0.508 e. The van der Waals surface area contributed by atoms with Gasteiger partial charge in [0, 0.05) is 31.1 Å². The molecule has 0 unspecified atom stereocenters. The molecule has 1 aliphatic heterocycles. The molecule has 0 radical (unpaired) electrons. The van der Waals surface area contributed by atoms with Crippen LogP contribution in [0.4, 0.5) is 0 Å². The van der Waals surface area contributed by atoms with Crippen molar-refractivity contribution in [2.45, 2.75) is 50.5 Å². The Bertz CT molecular complexity index is 759. The number of nitrogens with one attached hydrogen (secondary N) is 1. The van der Waals surface area contributed by atoms with Crippen LogP contribution in [0.3, 0.4) is 0 Å². The van der Waals surface area contributed by atoms with Gasteiger partial charge in [-0.05, 0) is 62.8 Å². The number of phenolic OH excluding ortho intramolecular Hbond substituents is 1. The predicted octanol–water partition coefficient (Wildman–Crippen LogP) is 3.08. The van der Waals surface area contributed by atoms with Crippen LogP contribution in [0.5, 0.6) is 5.75 Å². The van der Waals surface area contributed by atoms with Gasteiger partial charge in [-0.3, -0.25) is 4.79 Å². The number of aromatic hydroxyl groups is 1.